The van der Waals surface area contributed by atoms with E-state index in [0.717, 1.165) is 16.5 Å². The largest absolute Gasteiger partial charge is 0.465 e. The van der Waals surface area contributed by atoms with Crippen LogP contribution in [0.5, 0.6) is 0 Å². The summed E-state index contributed by atoms with van der Waals surface area (Å²) in [4.78, 5) is 31.8. The molecule has 2 heterocycles. The van der Waals surface area contributed by atoms with Crippen LogP contribution in [0.4, 0.5) is 0 Å². The molecule has 2 aromatic heterocycles. The van der Waals surface area contributed by atoms with Gasteiger partial charge in [0.15, 0.2) is 0 Å². The standard InChI is InChI=1S/C20H17ClN2O4/c1-12(24)27-11-18-9-15(20(25)26-2)8-17(23-18)6-13-3-4-19-14(5-13)7-16(21)10-22-19/h3-5,7-10H,6,11H2,1-2H3. The summed E-state index contributed by atoms with van der Waals surface area (Å²) in [6.45, 7) is 1.31. The molecule has 0 aliphatic rings. The molecule has 0 aliphatic carbocycles. The van der Waals surface area contributed by atoms with Gasteiger partial charge in [0.1, 0.15) is 6.61 Å². The Hall–Kier alpha value is -2.99. The first-order valence-corrected chi connectivity index (χ1v) is 8.58. The zero-order valence-corrected chi connectivity index (χ0v) is 15.6. The minimum atomic E-state index is -0.475. The number of methoxy groups -OCH3 is 1. The summed E-state index contributed by atoms with van der Waals surface area (Å²) < 4.78 is 9.79. The minimum absolute atomic E-state index is 0.00951. The van der Waals surface area contributed by atoms with E-state index in [-0.39, 0.29) is 6.61 Å². The molecule has 0 bridgehead atoms. The van der Waals surface area contributed by atoms with Crippen molar-refractivity contribution in [3.05, 3.63) is 70.1 Å². The summed E-state index contributed by atoms with van der Waals surface area (Å²) in [6.07, 6.45) is 2.09. The lowest BCUT2D eigenvalue weighted by molar-refractivity contribution is -0.142. The topological polar surface area (TPSA) is 78.4 Å². The zero-order chi connectivity index (χ0) is 19.4. The molecular weight excluding hydrogens is 368 g/mol. The van der Waals surface area contributed by atoms with E-state index in [0.29, 0.717) is 28.4 Å². The SMILES string of the molecule is COC(=O)c1cc(COC(C)=O)nc(Cc2ccc3ncc(Cl)cc3c2)c1. The Bertz CT molecular complexity index is 1020. The van der Waals surface area contributed by atoms with Gasteiger partial charge in [-0.1, -0.05) is 17.7 Å². The molecule has 0 amide bonds. The first kappa shape index (κ1) is 18.8. The Balaban J connectivity index is 1.93. The van der Waals surface area contributed by atoms with Crippen LogP contribution in [0.1, 0.15) is 34.2 Å². The van der Waals surface area contributed by atoms with Crippen LogP contribution in [0.25, 0.3) is 10.9 Å². The second-order valence-electron chi connectivity index (χ2n) is 5.97. The highest BCUT2D eigenvalue weighted by Crippen LogP contribution is 2.20. The fourth-order valence-electron chi connectivity index (χ4n) is 2.70. The van der Waals surface area contributed by atoms with Gasteiger partial charge in [0.05, 0.1) is 28.9 Å². The molecule has 0 spiro atoms. The van der Waals surface area contributed by atoms with Crippen molar-refractivity contribution < 1.29 is 19.1 Å². The fourth-order valence-corrected chi connectivity index (χ4v) is 2.87. The molecule has 3 aromatic rings. The molecule has 0 saturated heterocycles. The maximum Gasteiger partial charge on any atom is 0.337 e. The highest BCUT2D eigenvalue weighted by atomic mass is 35.5. The third kappa shape index (κ3) is 4.80. The number of fused-ring (bicyclic) bond motifs is 1. The monoisotopic (exact) mass is 384 g/mol. The molecule has 0 unspecified atom stereocenters. The van der Waals surface area contributed by atoms with Crippen molar-refractivity contribution in [1.82, 2.24) is 9.97 Å². The molecule has 6 nitrogen and oxygen atoms in total. The number of hydrogen-bond donors (Lipinski definition) is 0. The maximum atomic E-state index is 11.9. The van der Waals surface area contributed by atoms with Crippen molar-refractivity contribution in [2.24, 2.45) is 0 Å². The van der Waals surface area contributed by atoms with Crippen molar-refractivity contribution in [2.75, 3.05) is 7.11 Å². The zero-order valence-electron chi connectivity index (χ0n) is 14.9. The normalized spacial score (nSPS) is 10.6. The van der Waals surface area contributed by atoms with E-state index in [2.05, 4.69) is 9.97 Å². The Kier molecular flexibility index (Phi) is 5.66. The van der Waals surface area contributed by atoms with E-state index in [1.54, 1.807) is 18.3 Å². The van der Waals surface area contributed by atoms with E-state index in [9.17, 15) is 9.59 Å². The summed E-state index contributed by atoms with van der Waals surface area (Å²) in [5.41, 5.74) is 3.33. The van der Waals surface area contributed by atoms with Gasteiger partial charge in [0, 0.05) is 30.6 Å². The number of benzene rings is 1. The van der Waals surface area contributed by atoms with E-state index in [4.69, 9.17) is 21.1 Å². The summed E-state index contributed by atoms with van der Waals surface area (Å²) in [5, 5.41) is 1.48. The predicted molar refractivity (Wildman–Crippen MR) is 101 cm³/mol. The van der Waals surface area contributed by atoms with E-state index < -0.39 is 11.9 Å². The molecule has 27 heavy (non-hydrogen) atoms. The maximum absolute atomic E-state index is 11.9. The molecule has 138 valence electrons. The average molecular weight is 385 g/mol. The van der Waals surface area contributed by atoms with Gasteiger partial charge < -0.3 is 9.47 Å². The van der Waals surface area contributed by atoms with Gasteiger partial charge in [-0.05, 0) is 35.9 Å². The van der Waals surface area contributed by atoms with Crippen molar-refractivity contribution in [1.29, 1.82) is 0 Å². The van der Waals surface area contributed by atoms with Gasteiger partial charge in [-0.15, -0.1) is 0 Å². The van der Waals surface area contributed by atoms with E-state index in [1.807, 2.05) is 24.3 Å². The van der Waals surface area contributed by atoms with Gasteiger partial charge in [0.25, 0.3) is 0 Å². The smallest absolute Gasteiger partial charge is 0.337 e. The number of carbonyl (C=O) groups is 2. The lowest BCUT2D eigenvalue weighted by atomic mass is 10.0. The number of pyridine rings is 2. The van der Waals surface area contributed by atoms with Crippen LogP contribution in [-0.4, -0.2) is 29.0 Å². The number of halogens is 1. The van der Waals surface area contributed by atoms with Crippen molar-refractivity contribution in [2.45, 2.75) is 20.0 Å². The van der Waals surface area contributed by atoms with Crippen LogP contribution in [0.2, 0.25) is 5.02 Å². The highest BCUT2D eigenvalue weighted by molar-refractivity contribution is 6.31. The summed E-state index contributed by atoms with van der Waals surface area (Å²) in [7, 11) is 1.31. The summed E-state index contributed by atoms with van der Waals surface area (Å²) >= 11 is 6.02. The number of hydrogen-bond acceptors (Lipinski definition) is 6. The van der Waals surface area contributed by atoms with Gasteiger partial charge in [-0.25, -0.2) is 4.79 Å². The second-order valence-corrected chi connectivity index (χ2v) is 6.40. The third-order valence-corrected chi connectivity index (χ3v) is 4.08. The molecule has 1 aromatic carbocycles. The molecule has 0 aliphatic heterocycles. The van der Waals surface area contributed by atoms with Crippen LogP contribution < -0.4 is 0 Å². The predicted octanol–water partition coefficient (Wildman–Crippen LogP) is 3.72. The number of esters is 2. The second kappa shape index (κ2) is 8.14. The van der Waals surface area contributed by atoms with E-state index in [1.165, 1.54) is 14.0 Å². The Morgan fingerprint density at radius 3 is 2.63 bits per heavy atom. The van der Waals surface area contributed by atoms with Crippen LogP contribution in [0.15, 0.2) is 42.6 Å². The number of nitrogens with zero attached hydrogens (tertiary/aromatic N) is 2. The number of rotatable bonds is 5. The lowest BCUT2D eigenvalue weighted by Crippen LogP contribution is -2.08. The molecule has 0 radical (unpaired) electrons. The van der Waals surface area contributed by atoms with Crippen molar-refractivity contribution in [3.8, 4) is 0 Å². The number of ether oxygens (including phenoxy) is 2. The lowest BCUT2D eigenvalue weighted by Gasteiger charge is -2.09. The fraction of sp³-hybridized carbons (Fsp3) is 0.200. The van der Waals surface area contributed by atoms with Crippen LogP contribution in [0, 0.1) is 0 Å². The van der Waals surface area contributed by atoms with Crippen LogP contribution in [0.3, 0.4) is 0 Å². The van der Waals surface area contributed by atoms with Gasteiger partial charge in [-0.3, -0.25) is 14.8 Å². The molecule has 0 atom stereocenters. The van der Waals surface area contributed by atoms with Crippen molar-refractivity contribution in [3.63, 3.8) is 0 Å². The average Bonchev–Trinajstić information content (AvgIpc) is 2.65. The molecule has 3 rings (SSSR count). The Morgan fingerprint density at radius 2 is 1.89 bits per heavy atom. The first-order valence-electron chi connectivity index (χ1n) is 8.20. The molecule has 0 saturated carbocycles. The Morgan fingerprint density at radius 1 is 1.11 bits per heavy atom. The third-order valence-electron chi connectivity index (χ3n) is 3.87. The molecule has 0 fully saturated rings. The van der Waals surface area contributed by atoms with Gasteiger partial charge >= 0.3 is 11.9 Å². The molecular formula is C20H17ClN2O4. The van der Waals surface area contributed by atoms with Gasteiger partial charge in [0.2, 0.25) is 0 Å². The summed E-state index contributed by atoms with van der Waals surface area (Å²) in [6, 6.07) is 10.9. The molecule has 7 heteroatoms. The summed E-state index contributed by atoms with van der Waals surface area (Å²) in [5.74, 6) is -0.891. The Labute approximate surface area is 161 Å². The highest BCUT2D eigenvalue weighted by Gasteiger charge is 2.12. The molecule has 0 N–H and O–H groups in total. The first-order chi connectivity index (χ1) is 12.9. The van der Waals surface area contributed by atoms with Crippen LogP contribution >= 0.6 is 11.6 Å². The quantitative estimate of drug-likeness (QED) is 0.624. The number of aromatic nitrogens is 2. The van der Waals surface area contributed by atoms with E-state index >= 15 is 0 Å². The minimum Gasteiger partial charge on any atom is -0.465 e. The van der Waals surface area contributed by atoms with Gasteiger partial charge in [-0.2, -0.15) is 0 Å². The number of carbonyl (C=O) groups excluding carboxylic acids is 2. The van der Waals surface area contributed by atoms with Crippen molar-refractivity contribution >= 4 is 34.4 Å². The van der Waals surface area contributed by atoms with Crippen LogP contribution in [-0.2, 0) is 27.3 Å².